The quantitative estimate of drug-likeness (QED) is 0.769. The number of para-hydroxylation sites is 1. The highest BCUT2D eigenvalue weighted by molar-refractivity contribution is 6.04. The van der Waals surface area contributed by atoms with E-state index in [2.05, 4.69) is 10.6 Å². The Labute approximate surface area is 152 Å². The predicted molar refractivity (Wildman–Crippen MR) is 99.4 cm³/mol. The molecule has 6 nitrogen and oxygen atoms in total. The molecule has 0 atom stereocenters. The van der Waals surface area contributed by atoms with Crippen molar-refractivity contribution in [2.75, 3.05) is 5.32 Å². The van der Waals surface area contributed by atoms with Gasteiger partial charge < -0.3 is 15.7 Å². The number of carboxylic acids is 1. The van der Waals surface area contributed by atoms with Crippen molar-refractivity contribution in [3.8, 4) is 0 Å². The molecule has 0 aromatic heterocycles. The van der Waals surface area contributed by atoms with Crippen LogP contribution >= 0.6 is 0 Å². The normalized spacial score (nSPS) is 10.9. The zero-order chi connectivity index (χ0) is 19.3. The minimum atomic E-state index is -1.08. The number of benzene rings is 2. The average molecular weight is 354 g/mol. The van der Waals surface area contributed by atoms with Crippen LogP contribution in [0.3, 0.4) is 0 Å². The Bertz CT molecular complexity index is 838. The van der Waals surface area contributed by atoms with Gasteiger partial charge in [0.25, 0.3) is 5.91 Å². The number of anilines is 1. The van der Waals surface area contributed by atoms with Gasteiger partial charge in [-0.1, -0.05) is 30.3 Å². The van der Waals surface area contributed by atoms with Crippen LogP contribution in [0, 0.1) is 0 Å². The Balaban J connectivity index is 2.18. The van der Waals surface area contributed by atoms with E-state index in [0.717, 1.165) is 0 Å². The molecule has 2 rings (SSSR count). The van der Waals surface area contributed by atoms with Crippen molar-refractivity contribution in [1.29, 1.82) is 0 Å². The molecule has 3 N–H and O–H groups in total. The summed E-state index contributed by atoms with van der Waals surface area (Å²) >= 11 is 0. The molecule has 0 unspecified atom stereocenters. The number of carbonyl (C=O) groups is 3. The Morgan fingerprint density at radius 1 is 0.923 bits per heavy atom. The van der Waals surface area contributed by atoms with Gasteiger partial charge in [0, 0.05) is 5.54 Å². The standard InChI is InChI=1S/C20H22N2O4/c1-20(2,3)22-18(24)15-10-6-7-11-16(15)21-17(23)12-13-8-4-5-9-14(13)19(25)26/h4-11H,12H2,1-3H3,(H,21,23)(H,22,24)(H,25,26). The lowest BCUT2D eigenvalue weighted by molar-refractivity contribution is -0.115. The lowest BCUT2D eigenvalue weighted by atomic mass is 10.0. The van der Waals surface area contributed by atoms with Crippen LogP contribution in [-0.2, 0) is 11.2 Å². The van der Waals surface area contributed by atoms with Gasteiger partial charge in [-0.2, -0.15) is 0 Å². The monoisotopic (exact) mass is 354 g/mol. The first-order chi connectivity index (χ1) is 12.2. The van der Waals surface area contributed by atoms with E-state index in [1.54, 1.807) is 42.5 Å². The van der Waals surface area contributed by atoms with Crippen LogP contribution in [0.15, 0.2) is 48.5 Å². The molecular formula is C20H22N2O4. The molecule has 0 saturated carbocycles. The second kappa shape index (κ2) is 7.82. The molecule has 0 aliphatic heterocycles. The maximum atomic E-state index is 12.4. The lowest BCUT2D eigenvalue weighted by Gasteiger charge is -2.21. The van der Waals surface area contributed by atoms with Crippen molar-refractivity contribution in [2.24, 2.45) is 0 Å². The fourth-order valence-corrected chi connectivity index (χ4v) is 2.45. The van der Waals surface area contributed by atoms with Crippen molar-refractivity contribution >= 4 is 23.5 Å². The maximum Gasteiger partial charge on any atom is 0.335 e. The van der Waals surface area contributed by atoms with Gasteiger partial charge in [-0.15, -0.1) is 0 Å². The highest BCUT2D eigenvalue weighted by Crippen LogP contribution is 2.17. The topological polar surface area (TPSA) is 95.5 Å². The molecule has 136 valence electrons. The Kier molecular flexibility index (Phi) is 5.77. The third-order valence-electron chi connectivity index (χ3n) is 3.53. The molecule has 2 aromatic rings. The van der Waals surface area contributed by atoms with E-state index in [1.807, 2.05) is 20.8 Å². The van der Waals surface area contributed by atoms with E-state index in [0.29, 0.717) is 16.8 Å². The molecule has 2 amide bonds. The molecule has 0 saturated heterocycles. The summed E-state index contributed by atoms with van der Waals surface area (Å²) in [6.07, 6.45) is -0.0995. The summed E-state index contributed by atoms with van der Waals surface area (Å²) in [6, 6.07) is 13.0. The number of aromatic carboxylic acids is 1. The molecule has 0 heterocycles. The van der Waals surface area contributed by atoms with Gasteiger partial charge in [0.15, 0.2) is 0 Å². The number of rotatable bonds is 5. The number of carbonyl (C=O) groups excluding carboxylic acids is 2. The van der Waals surface area contributed by atoms with Crippen molar-refractivity contribution in [2.45, 2.75) is 32.7 Å². The smallest absolute Gasteiger partial charge is 0.335 e. The van der Waals surface area contributed by atoms with Gasteiger partial charge in [0.05, 0.1) is 23.2 Å². The second-order valence-corrected chi connectivity index (χ2v) is 6.94. The zero-order valence-corrected chi connectivity index (χ0v) is 15.0. The summed E-state index contributed by atoms with van der Waals surface area (Å²) in [5.41, 5.74) is 0.819. The zero-order valence-electron chi connectivity index (χ0n) is 15.0. The molecule has 0 aliphatic rings. The highest BCUT2D eigenvalue weighted by Gasteiger charge is 2.19. The molecule has 6 heteroatoms. The molecule has 0 radical (unpaired) electrons. The first-order valence-corrected chi connectivity index (χ1v) is 8.20. The van der Waals surface area contributed by atoms with Crippen molar-refractivity contribution in [3.63, 3.8) is 0 Å². The van der Waals surface area contributed by atoms with Gasteiger partial charge in [-0.3, -0.25) is 9.59 Å². The first kappa shape index (κ1) is 19.2. The molecule has 2 aromatic carbocycles. The summed E-state index contributed by atoms with van der Waals surface area (Å²) in [7, 11) is 0. The van der Waals surface area contributed by atoms with Gasteiger partial charge >= 0.3 is 5.97 Å². The predicted octanol–water partition coefficient (Wildman–Crippen LogP) is 3.09. The summed E-state index contributed by atoms with van der Waals surface area (Å²) in [5, 5.41) is 14.8. The summed E-state index contributed by atoms with van der Waals surface area (Å²) in [5.74, 6) is -1.77. The number of amides is 2. The van der Waals surface area contributed by atoms with E-state index >= 15 is 0 Å². The molecular weight excluding hydrogens is 332 g/mol. The van der Waals surface area contributed by atoms with E-state index < -0.39 is 17.4 Å². The fraction of sp³-hybridized carbons (Fsp3) is 0.250. The largest absolute Gasteiger partial charge is 0.478 e. The minimum absolute atomic E-state index is 0.0846. The van der Waals surface area contributed by atoms with Crippen LogP contribution < -0.4 is 10.6 Å². The SMILES string of the molecule is CC(C)(C)NC(=O)c1ccccc1NC(=O)Cc1ccccc1C(=O)O. The van der Waals surface area contributed by atoms with Crippen LogP contribution in [0.2, 0.25) is 0 Å². The lowest BCUT2D eigenvalue weighted by Crippen LogP contribution is -2.40. The van der Waals surface area contributed by atoms with E-state index in [-0.39, 0.29) is 17.9 Å². The summed E-state index contributed by atoms with van der Waals surface area (Å²) in [6.45, 7) is 5.61. The first-order valence-electron chi connectivity index (χ1n) is 8.20. The molecule has 0 fully saturated rings. The van der Waals surface area contributed by atoms with E-state index in [4.69, 9.17) is 0 Å². The Morgan fingerprint density at radius 2 is 1.50 bits per heavy atom. The highest BCUT2D eigenvalue weighted by atomic mass is 16.4. The minimum Gasteiger partial charge on any atom is -0.478 e. The fourth-order valence-electron chi connectivity index (χ4n) is 2.45. The average Bonchev–Trinajstić information content (AvgIpc) is 2.54. The number of nitrogens with one attached hydrogen (secondary N) is 2. The summed E-state index contributed by atoms with van der Waals surface area (Å²) < 4.78 is 0. The number of carboxylic acid groups (broad SMARTS) is 1. The Hall–Kier alpha value is -3.15. The van der Waals surface area contributed by atoms with Crippen LogP contribution in [-0.4, -0.2) is 28.4 Å². The third-order valence-corrected chi connectivity index (χ3v) is 3.53. The van der Waals surface area contributed by atoms with Gasteiger partial charge in [-0.05, 0) is 44.5 Å². The van der Waals surface area contributed by atoms with Crippen molar-refractivity contribution in [3.05, 3.63) is 65.2 Å². The van der Waals surface area contributed by atoms with E-state index in [9.17, 15) is 19.5 Å². The maximum absolute atomic E-state index is 12.4. The van der Waals surface area contributed by atoms with Crippen LogP contribution in [0.4, 0.5) is 5.69 Å². The van der Waals surface area contributed by atoms with Crippen LogP contribution in [0.5, 0.6) is 0 Å². The van der Waals surface area contributed by atoms with Gasteiger partial charge in [0.1, 0.15) is 0 Å². The van der Waals surface area contributed by atoms with Gasteiger partial charge in [0.2, 0.25) is 5.91 Å². The number of hydrogen-bond donors (Lipinski definition) is 3. The molecule has 26 heavy (non-hydrogen) atoms. The Morgan fingerprint density at radius 3 is 2.12 bits per heavy atom. The van der Waals surface area contributed by atoms with E-state index in [1.165, 1.54) is 6.07 Å². The van der Waals surface area contributed by atoms with Gasteiger partial charge in [-0.25, -0.2) is 4.79 Å². The summed E-state index contributed by atoms with van der Waals surface area (Å²) in [4.78, 5) is 36.1. The second-order valence-electron chi connectivity index (χ2n) is 6.94. The third kappa shape index (κ3) is 5.17. The van der Waals surface area contributed by atoms with Crippen molar-refractivity contribution in [1.82, 2.24) is 5.32 Å². The molecule has 0 bridgehead atoms. The van der Waals surface area contributed by atoms with Crippen LogP contribution in [0.1, 0.15) is 47.1 Å². The van der Waals surface area contributed by atoms with Crippen molar-refractivity contribution < 1.29 is 19.5 Å². The van der Waals surface area contributed by atoms with Crippen LogP contribution in [0.25, 0.3) is 0 Å². The number of hydrogen-bond acceptors (Lipinski definition) is 3. The molecule has 0 aliphatic carbocycles. The molecule has 0 spiro atoms.